The molecule has 0 aliphatic heterocycles. The quantitative estimate of drug-likeness (QED) is 0.720. The van der Waals surface area contributed by atoms with E-state index in [0.717, 1.165) is 10.0 Å². The van der Waals surface area contributed by atoms with E-state index in [1.165, 1.54) is 6.07 Å². The van der Waals surface area contributed by atoms with Gasteiger partial charge in [0.25, 0.3) is 0 Å². The van der Waals surface area contributed by atoms with Crippen LogP contribution in [0.1, 0.15) is 21.5 Å². The fourth-order valence-electron chi connectivity index (χ4n) is 1.84. The summed E-state index contributed by atoms with van der Waals surface area (Å²) in [5.41, 5.74) is 1.91. The minimum atomic E-state index is -0.451. The first-order chi connectivity index (χ1) is 8.95. The minimum absolute atomic E-state index is 0.0267. The predicted octanol–water partition coefficient (Wildman–Crippen LogP) is 4.98. The van der Waals surface area contributed by atoms with Gasteiger partial charge in [-0.15, -0.1) is 0 Å². The van der Waals surface area contributed by atoms with Crippen LogP contribution in [0.15, 0.2) is 40.9 Å². The Hall–Kier alpha value is -1.19. The molecular weight excluding hydrogens is 331 g/mol. The third-order valence-corrected chi connectivity index (χ3v) is 3.42. The van der Waals surface area contributed by atoms with Crippen LogP contribution in [-0.4, -0.2) is 5.78 Å². The molecule has 0 atom stereocenters. The van der Waals surface area contributed by atoms with Gasteiger partial charge < -0.3 is 0 Å². The third-order valence-electron chi connectivity index (χ3n) is 2.73. The molecule has 0 radical (unpaired) electrons. The van der Waals surface area contributed by atoms with Crippen LogP contribution in [0.5, 0.6) is 0 Å². The summed E-state index contributed by atoms with van der Waals surface area (Å²) in [5.74, 6) is -0.571. The molecule has 0 heterocycles. The number of Topliss-reactive ketones (excluding diaryl/α,β-unsaturated/α-hetero) is 1. The van der Waals surface area contributed by atoms with E-state index >= 15 is 0 Å². The fourth-order valence-corrected chi connectivity index (χ4v) is 2.60. The van der Waals surface area contributed by atoms with Crippen LogP contribution in [0.4, 0.5) is 4.39 Å². The molecule has 0 saturated heterocycles. The Balaban J connectivity index is 2.25. The molecule has 98 valence electrons. The zero-order valence-corrected chi connectivity index (χ0v) is 12.6. The predicted molar refractivity (Wildman–Crippen MR) is 78.3 cm³/mol. The molecule has 0 N–H and O–H groups in total. The SMILES string of the molecule is Cc1cc(Br)cc(C(=O)Cc2ccc(Cl)cc2F)c1. The number of carbonyl (C=O) groups excluding carboxylic acids is 1. The van der Waals surface area contributed by atoms with Gasteiger partial charge in [-0.25, -0.2) is 4.39 Å². The Bertz CT molecular complexity index is 620. The van der Waals surface area contributed by atoms with Gasteiger partial charge in [-0.1, -0.05) is 33.6 Å². The molecule has 0 amide bonds. The van der Waals surface area contributed by atoms with Gasteiger partial charge in [-0.3, -0.25) is 4.79 Å². The maximum atomic E-state index is 13.6. The van der Waals surface area contributed by atoms with Gasteiger partial charge in [0, 0.05) is 21.5 Å². The monoisotopic (exact) mass is 340 g/mol. The first kappa shape index (κ1) is 14.2. The fraction of sp³-hybridized carbons (Fsp3) is 0.133. The molecule has 2 aromatic carbocycles. The number of benzene rings is 2. The average Bonchev–Trinajstić information content (AvgIpc) is 2.31. The van der Waals surface area contributed by atoms with Crippen molar-refractivity contribution in [1.82, 2.24) is 0 Å². The van der Waals surface area contributed by atoms with E-state index in [-0.39, 0.29) is 12.2 Å². The summed E-state index contributed by atoms with van der Waals surface area (Å²) in [7, 11) is 0. The van der Waals surface area contributed by atoms with Gasteiger partial charge >= 0.3 is 0 Å². The first-order valence-corrected chi connectivity index (χ1v) is 6.87. The van der Waals surface area contributed by atoms with Crippen molar-refractivity contribution in [2.45, 2.75) is 13.3 Å². The summed E-state index contributed by atoms with van der Waals surface area (Å²) in [6.07, 6.45) is 0.0267. The number of halogens is 3. The molecule has 0 fully saturated rings. The molecule has 0 aromatic heterocycles. The minimum Gasteiger partial charge on any atom is -0.294 e. The highest BCUT2D eigenvalue weighted by Crippen LogP contribution is 2.19. The molecule has 0 spiro atoms. The highest BCUT2D eigenvalue weighted by molar-refractivity contribution is 9.10. The highest BCUT2D eigenvalue weighted by Gasteiger charge is 2.11. The van der Waals surface area contributed by atoms with Crippen LogP contribution in [0.2, 0.25) is 5.02 Å². The second kappa shape index (κ2) is 5.85. The second-order valence-corrected chi connectivity index (χ2v) is 5.71. The summed E-state index contributed by atoms with van der Waals surface area (Å²) in [4.78, 5) is 12.1. The third kappa shape index (κ3) is 3.64. The lowest BCUT2D eigenvalue weighted by molar-refractivity contribution is 0.0991. The maximum absolute atomic E-state index is 13.6. The molecule has 1 nitrogen and oxygen atoms in total. The van der Waals surface area contributed by atoms with E-state index in [1.54, 1.807) is 24.3 Å². The van der Waals surface area contributed by atoms with E-state index in [2.05, 4.69) is 15.9 Å². The van der Waals surface area contributed by atoms with Crippen LogP contribution >= 0.6 is 27.5 Å². The Morgan fingerprint density at radius 2 is 2.00 bits per heavy atom. The van der Waals surface area contributed by atoms with E-state index in [4.69, 9.17) is 11.6 Å². The van der Waals surface area contributed by atoms with Crippen LogP contribution < -0.4 is 0 Å². The lowest BCUT2D eigenvalue weighted by Crippen LogP contribution is -2.05. The number of hydrogen-bond acceptors (Lipinski definition) is 1. The van der Waals surface area contributed by atoms with Crippen LogP contribution in [0, 0.1) is 12.7 Å². The number of hydrogen-bond donors (Lipinski definition) is 0. The highest BCUT2D eigenvalue weighted by atomic mass is 79.9. The molecule has 0 unspecified atom stereocenters. The normalized spacial score (nSPS) is 10.5. The summed E-state index contributed by atoms with van der Waals surface area (Å²) in [5, 5.41) is 0.326. The molecule has 0 aliphatic rings. The molecule has 2 rings (SSSR count). The number of rotatable bonds is 3. The van der Waals surface area contributed by atoms with Crippen molar-refractivity contribution in [2.24, 2.45) is 0 Å². The molecule has 0 bridgehead atoms. The van der Waals surface area contributed by atoms with Crippen molar-refractivity contribution in [3.8, 4) is 0 Å². The molecule has 0 aliphatic carbocycles. The molecule has 19 heavy (non-hydrogen) atoms. The Morgan fingerprint density at radius 3 is 2.63 bits per heavy atom. The zero-order valence-electron chi connectivity index (χ0n) is 10.2. The van der Waals surface area contributed by atoms with Crippen molar-refractivity contribution in [3.63, 3.8) is 0 Å². The van der Waals surface area contributed by atoms with E-state index in [9.17, 15) is 9.18 Å². The second-order valence-electron chi connectivity index (χ2n) is 4.35. The number of aryl methyl sites for hydroxylation is 1. The smallest absolute Gasteiger partial charge is 0.167 e. The summed E-state index contributed by atoms with van der Waals surface area (Å²) in [6.45, 7) is 1.91. The van der Waals surface area contributed by atoms with Crippen molar-refractivity contribution < 1.29 is 9.18 Å². The topological polar surface area (TPSA) is 17.1 Å². The van der Waals surface area contributed by atoms with Crippen molar-refractivity contribution in [1.29, 1.82) is 0 Å². The van der Waals surface area contributed by atoms with Gasteiger partial charge in [0.1, 0.15) is 5.82 Å². The summed E-state index contributed by atoms with van der Waals surface area (Å²) in [6, 6.07) is 9.79. The van der Waals surface area contributed by atoms with Crippen LogP contribution in [-0.2, 0) is 6.42 Å². The zero-order chi connectivity index (χ0) is 14.0. The van der Waals surface area contributed by atoms with Gasteiger partial charge in [0.15, 0.2) is 5.78 Å². The lowest BCUT2D eigenvalue weighted by Gasteiger charge is -2.05. The largest absolute Gasteiger partial charge is 0.294 e. The molecule has 4 heteroatoms. The summed E-state index contributed by atoms with van der Waals surface area (Å²) >= 11 is 9.03. The lowest BCUT2D eigenvalue weighted by atomic mass is 10.0. The van der Waals surface area contributed by atoms with Crippen molar-refractivity contribution >= 4 is 33.3 Å². The molecule has 2 aromatic rings. The summed E-state index contributed by atoms with van der Waals surface area (Å²) < 4.78 is 14.5. The first-order valence-electron chi connectivity index (χ1n) is 5.70. The van der Waals surface area contributed by atoms with E-state index in [0.29, 0.717) is 16.1 Å². The number of ketones is 1. The Morgan fingerprint density at radius 1 is 1.26 bits per heavy atom. The molecular formula is C15H11BrClFO. The van der Waals surface area contributed by atoms with Crippen molar-refractivity contribution in [3.05, 3.63) is 68.4 Å². The van der Waals surface area contributed by atoms with E-state index in [1.807, 2.05) is 13.0 Å². The molecule has 0 saturated carbocycles. The Kier molecular flexibility index (Phi) is 4.38. The van der Waals surface area contributed by atoms with Gasteiger partial charge in [-0.05, 0) is 48.4 Å². The maximum Gasteiger partial charge on any atom is 0.167 e. The van der Waals surface area contributed by atoms with Crippen LogP contribution in [0.25, 0.3) is 0 Å². The van der Waals surface area contributed by atoms with Gasteiger partial charge in [0.05, 0.1) is 0 Å². The van der Waals surface area contributed by atoms with Gasteiger partial charge in [-0.2, -0.15) is 0 Å². The average molecular weight is 342 g/mol. The Labute approximate surface area is 124 Å². The number of carbonyl (C=O) groups is 1. The van der Waals surface area contributed by atoms with Crippen molar-refractivity contribution in [2.75, 3.05) is 0 Å². The van der Waals surface area contributed by atoms with Gasteiger partial charge in [0.2, 0.25) is 0 Å². The van der Waals surface area contributed by atoms with E-state index < -0.39 is 5.82 Å². The van der Waals surface area contributed by atoms with Crippen LogP contribution in [0.3, 0.4) is 0 Å². The standard InChI is InChI=1S/C15H11BrClFO/c1-9-4-11(6-12(16)5-9)15(19)7-10-2-3-13(17)8-14(10)18/h2-6,8H,7H2,1H3.